The Morgan fingerprint density at radius 1 is 1.09 bits per heavy atom. The van der Waals surface area contributed by atoms with Gasteiger partial charge in [-0.3, -0.25) is 0 Å². The van der Waals surface area contributed by atoms with E-state index in [-0.39, 0.29) is 23.3 Å². The minimum Gasteiger partial charge on any atom is -0.393 e. The quantitative estimate of drug-likeness (QED) is 0.205. The molecule has 7 nitrogen and oxygen atoms in total. The average Bonchev–Trinajstić information content (AvgIpc) is 3.60. The van der Waals surface area contributed by atoms with E-state index in [9.17, 15) is 5.11 Å². The predicted molar refractivity (Wildman–Crippen MR) is 142 cm³/mol. The zero-order chi connectivity index (χ0) is 24.0. The third kappa shape index (κ3) is 5.90. The van der Waals surface area contributed by atoms with Crippen LogP contribution in [0.25, 0.3) is 21.6 Å². The van der Waals surface area contributed by atoms with E-state index in [0.717, 1.165) is 67.0 Å². The lowest BCUT2D eigenvalue weighted by molar-refractivity contribution is 0.130. The second-order valence-corrected chi connectivity index (χ2v) is 10.4. The Hall–Kier alpha value is -2.36. The van der Waals surface area contributed by atoms with Crippen LogP contribution in [0.2, 0.25) is 5.28 Å². The minimum absolute atomic E-state index is 0.165. The zero-order valence-electron chi connectivity index (χ0n) is 19.6. The Labute approximate surface area is 214 Å². The summed E-state index contributed by atoms with van der Waals surface area (Å²) in [6, 6.07) is 10.7. The van der Waals surface area contributed by atoms with Crippen LogP contribution >= 0.6 is 22.9 Å². The number of benzene rings is 1. The molecule has 1 aliphatic carbocycles. The van der Waals surface area contributed by atoms with Gasteiger partial charge in [0, 0.05) is 47.5 Å². The fourth-order valence-corrected chi connectivity index (χ4v) is 5.75. The molecule has 9 heteroatoms. The molecular formula is C26H31ClN6OS. The van der Waals surface area contributed by atoms with Gasteiger partial charge in [-0.25, -0.2) is 9.97 Å². The monoisotopic (exact) mass is 510 g/mol. The standard InChI is InChI=1S/C26H31ClN6OS/c27-26-31-16-21-22(25-30-11-12-35-25)17-33(24(21)32-26)20-13-19(23(34)14-20)15-29-9-4-8-28-10-7-18-5-2-1-3-6-18/h1-3,5-6,11-12,16-17,19-20,23,28-29,34H,4,7-10,13-15H2/t19-,20-,23+/m1/s1. The van der Waals surface area contributed by atoms with Crippen LogP contribution in [-0.2, 0) is 6.42 Å². The molecule has 0 amide bonds. The Morgan fingerprint density at radius 2 is 1.94 bits per heavy atom. The number of thiazole rings is 1. The number of nitrogens with zero attached hydrogens (tertiary/aromatic N) is 4. The number of nitrogens with one attached hydrogen (secondary N) is 2. The maximum atomic E-state index is 10.8. The summed E-state index contributed by atoms with van der Waals surface area (Å²) in [7, 11) is 0. The molecule has 3 aromatic heterocycles. The van der Waals surface area contributed by atoms with Gasteiger partial charge in [0.25, 0.3) is 0 Å². The normalized spacial score (nSPS) is 20.1. The lowest BCUT2D eigenvalue weighted by Crippen LogP contribution is -2.30. The van der Waals surface area contributed by atoms with Gasteiger partial charge in [-0.05, 0) is 68.4 Å². The molecule has 0 unspecified atom stereocenters. The van der Waals surface area contributed by atoms with E-state index >= 15 is 0 Å². The van der Waals surface area contributed by atoms with Crippen molar-refractivity contribution >= 4 is 34.0 Å². The first-order valence-corrected chi connectivity index (χ1v) is 13.5. The van der Waals surface area contributed by atoms with Crippen LogP contribution in [0.1, 0.15) is 30.9 Å². The highest BCUT2D eigenvalue weighted by atomic mass is 35.5. The molecule has 0 bridgehead atoms. The summed E-state index contributed by atoms with van der Waals surface area (Å²) in [5, 5.41) is 21.9. The van der Waals surface area contributed by atoms with Crippen molar-refractivity contribution in [3.05, 3.63) is 65.1 Å². The highest BCUT2D eigenvalue weighted by Gasteiger charge is 2.35. The van der Waals surface area contributed by atoms with Gasteiger partial charge in [-0.1, -0.05) is 30.3 Å². The van der Waals surface area contributed by atoms with Gasteiger partial charge in [0.15, 0.2) is 0 Å². The largest absolute Gasteiger partial charge is 0.393 e. The third-order valence-electron chi connectivity index (χ3n) is 6.78. The van der Waals surface area contributed by atoms with Crippen LogP contribution in [0.15, 0.2) is 54.3 Å². The maximum Gasteiger partial charge on any atom is 0.224 e. The Balaban J connectivity index is 1.11. The fraction of sp³-hybridized carbons (Fsp3) is 0.423. The van der Waals surface area contributed by atoms with Crippen molar-refractivity contribution in [3.8, 4) is 10.6 Å². The van der Waals surface area contributed by atoms with Crippen molar-refractivity contribution in [2.45, 2.75) is 37.8 Å². The molecule has 3 heterocycles. The molecule has 3 N–H and O–H groups in total. The van der Waals surface area contributed by atoms with Crippen molar-refractivity contribution in [1.29, 1.82) is 0 Å². The Bertz CT molecular complexity index is 1220. The number of halogens is 1. The summed E-state index contributed by atoms with van der Waals surface area (Å²) < 4.78 is 2.17. The molecule has 5 rings (SSSR count). The van der Waals surface area contributed by atoms with E-state index in [1.807, 2.05) is 5.38 Å². The molecule has 184 valence electrons. The molecule has 0 spiro atoms. The minimum atomic E-state index is -0.338. The van der Waals surface area contributed by atoms with E-state index in [1.54, 1.807) is 23.7 Å². The van der Waals surface area contributed by atoms with Gasteiger partial charge in [-0.2, -0.15) is 4.98 Å². The molecule has 4 aromatic rings. The van der Waals surface area contributed by atoms with Crippen molar-refractivity contribution in [3.63, 3.8) is 0 Å². The maximum absolute atomic E-state index is 10.8. The summed E-state index contributed by atoms with van der Waals surface area (Å²) in [6.45, 7) is 3.74. The summed E-state index contributed by atoms with van der Waals surface area (Å²) >= 11 is 7.73. The highest BCUT2D eigenvalue weighted by molar-refractivity contribution is 7.13. The molecule has 3 atom stereocenters. The zero-order valence-corrected chi connectivity index (χ0v) is 21.2. The summed E-state index contributed by atoms with van der Waals surface area (Å²) in [5.74, 6) is 0.212. The van der Waals surface area contributed by atoms with E-state index in [1.165, 1.54) is 5.56 Å². The van der Waals surface area contributed by atoms with E-state index in [4.69, 9.17) is 11.6 Å². The first-order valence-electron chi connectivity index (χ1n) is 12.3. The molecule has 1 saturated carbocycles. The van der Waals surface area contributed by atoms with Crippen LogP contribution in [0.3, 0.4) is 0 Å². The summed E-state index contributed by atoms with van der Waals surface area (Å²) in [5.41, 5.74) is 3.19. The molecule has 1 aliphatic rings. The smallest absolute Gasteiger partial charge is 0.224 e. The molecule has 1 fully saturated rings. The lowest BCUT2D eigenvalue weighted by atomic mass is 10.1. The van der Waals surface area contributed by atoms with Gasteiger partial charge < -0.3 is 20.3 Å². The van der Waals surface area contributed by atoms with E-state index < -0.39 is 0 Å². The van der Waals surface area contributed by atoms with Crippen LogP contribution in [-0.4, -0.2) is 56.9 Å². The van der Waals surface area contributed by atoms with Crippen molar-refractivity contribution < 1.29 is 5.11 Å². The van der Waals surface area contributed by atoms with Gasteiger partial charge in [0.05, 0.1) is 6.10 Å². The van der Waals surface area contributed by atoms with Gasteiger partial charge >= 0.3 is 0 Å². The Morgan fingerprint density at radius 3 is 2.77 bits per heavy atom. The first kappa shape index (κ1) is 24.3. The molecule has 0 aliphatic heterocycles. The number of fused-ring (bicyclic) bond motifs is 1. The third-order valence-corrected chi connectivity index (χ3v) is 7.77. The lowest BCUT2D eigenvalue weighted by Gasteiger charge is -2.15. The number of aliphatic hydroxyl groups is 1. The number of hydrogen-bond donors (Lipinski definition) is 3. The Kier molecular flexibility index (Phi) is 8.06. The number of aromatic nitrogens is 4. The summed E-state index contributed by atoms with van der Waals surface area (Å²) in [6.07, 6.45) is 9.06. The van der Waals surface area contributed by atoms with Gasteiger partial charge in [0.1, 0.15) is 10.7 Å². The number of hydrogen-bond acceptors (Lipinski definition) is 7. The number of rotatable bonds is 11. The first-order chi connectivity index (χ1) is 17.2. The second kappa shape index (κ2) is 11.6. The second-order valence-electron chi connectivity index (χ2n) is 9.16. The van der Waals surface area contributed by atoms with Gasteiger partial charge in [-0.15, -0.1) is 11.3 Å². The molecule has 0 radical (unpaired) electrons. The van der Waals surface area contributed by atoms with E-state index in [0.29, 0.717) is 6.42 Å². The average molecular weight is 511 g/mol. The van der Waals surface area contributed by atoms with E-state index in [2.05, 4.69) is 66.7 Å². The van der Waals surface area contributed by atoms with Crippen molar-refractivity contribution in [2.24, 2.45) is 5.92 Å². The molecule has 35 heavy (non-hydrogen) atoms. The van der Waals surface area contributed by atoms with Crippen LogP contribution in [0.4, 0.5) is 0 Å². The van der Waals surface area contributed by atoms with Crippen LogP contribution < -0.4 is 10.6 Å². The fourth-order valence-electron chi connectivity index (χ4n) is 4.96. The van der Waals surface area contributed by atoms with Crippen LogP contribution in [0.5, 0.6) is 0 Å². The molecular weight excluding hydrogens is 480 g/mol. The summed E-state index contributed by atoms with van der Waals surface area (Å²) in [4.78, 5) is 13.2. The van der Waals surface area contributed by atoms with Crippen molar-refractivity contribution in [1.82, 2.24) is 30.2 Å². The van der Waals surface area contributed by atoms with Crippen molar-refractivity contribution in [2.75, 3.05) is 26.2 Å². The van der Waals surface area contributed by atoms with Crippen LogP contribution in [0, 0.1) is 5.92 Å². The molecule has 0 saturated heterocycles. The topological polar surface area (TPSA) is 87.9 Å². The van der Waals surface area contributed by atoms with Gasteiger partial charge in [0.2, 0.25) is 5.28 Å². The molecule has 1 aromatic carbocycles. The SMILES string of the molecule is O[C@H]1C[C@H](n2cc(-c3nccs3)c3cnc(Cl)nc32)C[C@@H]1CNCCCNCCc1ccccc1. The predicted octanol–water partition coefficient (Wildman–Crippen LogP) is 4.33. The highest BCUT2D eigenvalue weighted by Crippen LogP contribution is 2.40. The number of aliphatic hydroxyl groups excluding tert-OH is 1.